The van der Waals surface area contributed by atoms with Gasteiger partial charge in [0.05, 0.1) is 6.61 Å². The highest BCUT2D eigenvalue weighted by Crippen LogP contribution is 1.92. The summed E-state index contributed by atoms with van der Waals surface area (Å²) in [5.74, 6) is -0.175. The molecular formula is C8H12ClNO2S2. The number of rotatable bonds is 3. The van der Waals surface area contributed by atoms with Crippen LogP contribution in [0.5, 0.6) is 0 Å². The lowest BCUT2D eigenvalue weighted by atomic mass is 10.6. The van der Waals surface area contributed by atoms with Crippen molar-refractivity contribution in [2.75, 3.05) is 20.2 Å². The van der Waals surface area contributed by atoms with Gasteiger partial charge < -0.3 is 17.1 Å². The number of carbonyl (C=O) groups excluding carboxylic acids is 1. The van der Waals surface area contributed by atoms with Crippen LogP contribution in [0.4, 0.5) is 0 Å². The number of halogens is 1. The highest BCUT2D eigenvalue weighted by molar-refractivity contribution is 7.24. The van der Waals surface area contributed by atoms with Crippen molar-refractivity contribution in [3.8, 4) is 0 Å². The first-order chi connectivity index (χ1) is 6.24. The van der Waals surface area contributed by atoms with E-state index in [9.17, 15) is 4.79 Å². The third-order valence-corrected chi connectivity index (χ3v) is 3.70. The lowest BCUT2D eigenvalue weighted by Gasteiger charge is -1.96. The summed E-state index contributed by atoms with van der Waals surface area (Å²) in [6, 6.07) is 0. The summed E-state index contributed by atoms with van der Waals surface area (Å²) in [4.78, 5) is 11.1. The SMILES string of the molecule is CCOC(=O)C[N+](C)=c1sccs1.[Cl-]. The summed E-state index contributed by atoms with van der Waals surface area (Å²) >= 11 is 3.26. The van der Waals surface area contributed by atoms with E-state index in [2.05, 4.69) is 0 Å². The number of esters is 1. The fourth-order valence-electron chi connectivity index (χ4n) is 0.845. The molecule has 1 rings (SSSR count). The van der Waals surface area contributed by atoms with E-state index in [1.54, 1.807) is 22.7 Å². The van der Waals surface area contributed by atoms with Crippen LogP contribution in [0.25, 0.3) is 0 Å². The van der Waals surface area contributed by atoms with E-state index < -0.39 is 0 Å². The molecule has 6 heteroatoms. The Labute approximate surface area is 97.1 Å². The second-order valence-electron chi connectivity index (χ2n) is 2.43. The van der Waals surface area contributed by atoms with Crippen molar-refractivity contribution in [1.29, 1.82) is 0 Å². The van der Waals surface area contributed by atoms with Gasteiger partial charge in [0, 0.05) is 10.8 Å². The van der Waals surface area contributed by atoms with E-state index in [0.29, 0.717) is 13.2 Å². The molecule has 1 aromatic heterocycles. The molecule has 14 heavy (non-hydrogen) atoms. The molecular weight excluding hydrogens is 242 g/mol. The highest BCUT2D eigenvalue weighted by atomic mass is 35.5. The minimum absolute atomic E-state index is 0. The van der Waals surface area contributed by atoms with Crippen molar-refractivity contribution in [1.82, 2.24) is 4.58 Å². The summed E-state index contributed by atoms with van der Waals surface area (Å²) < 4.78 is 7.85. The average molecular weight is 254 g/mol. The van der Waals surface area contributed by atoms with Crippen LogP contribution in [-0.4, -0.2) is 26.2 Å². The van der Waals surface area contributed by atoms with Crippen molar-refractivity contribution in [3.05, 3.63) is 14.7 Å². The predicted octanol–water partition coefficient (Wildman–Crippen LogP) is -2.22. The van der Waals surface area contributed by atoms with E-state index in [1.165, 1.54) is 0 Å². The molecule has 0 aliphatic rings. The van der Waals surface area contributed by atoms with Gasteiger partial charge in [0.15, 0.2) is 0 Å². The molecule has 0 aliphatic carbocycles. The van der Waals surface area contributed by atoms with Crippen molar-refractivity contribution in [3.63, 3.8) is 0 Å². The van der Waals surface area contributed by atoms with Crippen molar-refractivity contribution in [2.45, 2.75) is 6.92 Å². The van der Waals surface area contributed by atoms with Gasteiger partial charge in [0.25, 0.3) is 0 Å². The molecule has 0 spiro atoms. The molecule has 0 unspecified atom stereocenters. The van der Waals surface area contributed by atoms with Crippen LogP contribution < -0.4 is 21.0 Å². The Balaban J connectivity index is 0.00000169. The van der Waals surface area contributed by atoms with Gasteiger partial charge in [0.1, 0.15) is 7.05 Å². The van der Waals surface area contributed by atoms with Crippen LogP contribution in [-0.2, 0) is 9.53 Å². The summed E-state index contributed by atoms with van der Waals surface area (Å²) in [5.41, 5.74) is 0. The van der Waals surface area contributed by atoms with Crippen molar-refractivity contribution >= 4 is 28.6 Å². The zero-order chi connectivity index (χ0) is 9.68. The van der Waals surface area contributed by atoms with E-state index in [1.807, 2.05) is 29.3 Å². The van der Waals surface area contributed by atoms with E-state index in [4.69, 9.17) is 4.74 Å². The second kappa shape index (κ2) is 6.98. The summed E-state index contributed by atoms with van der Waals surface area (Å²) in [7, 11) is 1.89. The Morgan fingerprint density at radius 3 is 2.57 bits per heavy atom. The lowest BCUT2D eigenvalue weighted by molar-refractivity contribution is -0.142. The minimum atomic E-state index is -0.175. The molecule has 0 aliphatic heterocycles. The maximum absolute atomic E-state index is 11.1. The molecule has 0 fully saturated rings. The number of hydrogen-bond donors (Lipinski definition) is 0. The molecule has 80 valence electrons. The van der Waals surface area contributed by atoms with Gasteiger partial charge in [0.2, 0.25) is 6.54 Å². The fraction of sp³-hybridized carbons (Fsp3) is 0.500. The van der Waals surface area contributed by atoms with Gasteiger partial charge in [-0.1, -0.05) is 22.7 Å². The normalized spacial score (nSPS) is 9.00. The first-order valence-electron chi connectivity index (χ1n) is 3.96. The summed E-state index contributed by atoms with van der Waals surface area (Å²) in [5, 5.41) is 4.00. The second-order valence-corrected chi connectivity index (χ2v) is 4.48. The largest absolute Gasteiger partial charge is 1.00 e. The number of nitrogens with zero attached hydrogens (tertiary/aromatic N) is 1. The Morgan fingerprint density at radius 2 is 2.07 bits per heavy atom. The molecule has 0 saturated heterocycles. The maximum atomic E-state index is 11.1. The zero-order valence-corrected chi connectivity index (χ0v) is 10.4. The quantitative estimate of drug-likeness (QED) is 0.451. The molecule has 0 bridgehead atoms. The van der Waals surface area contributed by atoms with Gasteiger partial charge in [-0.25, -0.2) is 9.37 Å². The molecule has 1 aromatic rings. The van der Waals surface area contributed by atoms with E-state index in [-0.39, 0.29) is 18.4 Å². The van der Waals surface area contributed by atoms with E-state index >= 15 is 0 Å². The van der Waals surface area contributed by atoms with Crippen LogP contribution >= 0.6 is 22.7 Å². The Kier molecular flexibility index (Phi) is 6.78. The first kappa shape index (κ1) is 13.6. The smallest absolute Gasteiger partial charge is 0.372 e. The first-order valence-corrected chi connectivity index (χ1v) is 5.72. The molecule has 3 nitrogen and oxygen atoms in total. The lowest BCUT2D eigenvalue weighted by Crippen LogP contribution is -3.00. The third kappa shape index (κ3) is 4.21. The Bertz CT molecular complexity index is 328. The minimum Gasteiger partial charge on any atom is -1.00 e. The zero-order valence-electron chi connectivity index (χ0n) is 8.03. The van der Waals surface area contributed by atoms with Crippen LogP contribution in [0.1, 0.15) is 6.92 Å². The third-order valence-electron chi connectivity index (χ3n) is 1.38. The van der Waals surface area contributed by atoms with Gasteiger partial charge in [-0.2, -0.15) is 0 Å². The van der Waals surface area contributed by atoms with E-state index in [0.717, 1.165) is 3.98 Å². The van der Waals surface area contributed by atoms with Crippen LogP contribution in [0.2, 0.25) is 0 Å². The number of ether oxygens (including phenoxy) is 1. The molecule has 0 saturated carbocycles. The number of likely N-dealkylation sites (N-methyl/N-ethyl adjacent to an activating group) is 1. The summed E-state index contributed by atoms with van der Waals surface area (Å²) in [6.07, 6.45) is 0. The standard InChI is InChI=1S/C8H12NO2S2.ClH/c1-3-11-7(10)6-9(2)8-12-4-5-13-8;/h4-5H,3,6H2,1-2H3;1H/q+1;/p-1. The number of carbonyl (C=O) groups is 1. The molecule has 0 atom stereocenters. The number of hydrogen-bond acceptors (Lipinski definition) is 4. The Morgan fingerprint density at radius 1 is 1.50 bits per heavy atom. The van der Waals surface area contributed by atoms with Gasteiger partial charge in [-0.05, 0) is 6.92 Å². The molecule has 1 heterocycles. The topological polar surface area (TPSA) is 29.3 Å². The van der Waals surface area contributed by atoms with Crippen molar-refractivity contribution < 1.29 is 21.9 Å². The van der Waals surface area contributed by atoms with Crippen LogP contribution in [0, 0.1) is 0 Å². The predicted molar refractivity (Wildman–Crippen MR) is 54.9 cm³/mol. The van der Waals surface area contributed by atoms with Crippen LogP contribution in [0.3, 0.4) is 0 Å². The van der Waals surface area contributed by atoms with Gasteiger partial charge in [-0.3, -0.25) is 0 Å². The maximum Gasteiger partial charge on any atom is 0.372 e. The molecule has 0 amide bonds. The highest BCUT2D eigenvalue weighted by Gasteiger charge is 2.09. The van der Waals surface area contributed by atoms with Crippen molar-refractivity contribution in [2.24, 2.45) is 0 Å². The monoisotopic (exact) mass is 253 g/mol. The van der Waals surface area contributed by atoms with Gasteiger partial charge >= 0.3 is 9.95 Å². The Hall–Kier alpha value is -0.390. The van der Waals surface area contributed by atoms with Crippen LogP contribution in [0.15, 0.2) is 10.8 Å². The summed E-state index contributed by atoms with van der Waals surface area (Å²) in [6.45, 7) is 2.58. The molecule has 0 aromatic carbocycles. The fourth-order valence-corrected chi connectivity index (χ4v) is 2.57. The molecule has 0 radical (unpaired) electrons. The average Bonchev–Trinajstić information content (AvgIpc) is 2.55. The van der Waals surface area contributed by atoms with Gasteiger partial charge in [-0.15, -0.1) is 0 Å². The molecule has 0 N–H and O–H groups in total.